The van der Waals surface area contributed by atoms with Gasteiger partial charge in [0, 0.05) is 11.8 Å². The number of esters is 1. The SMILES string of the molecule is COc1cc([C@@H]2c3cc4c(cc3C[C@H]3COC(=O)C32)OCO4)cc(OC)c1O. The molecule has 1 N–H and O–H groups in total. The maximum absolute atomic E-state index is 12.6. The molecule has 2 aliphatic heterocycles. The summed E-state index contributed by atoms with van der Waals surface area (Å²) in [6.07, 6.45) is 0.741. The molecule has 5 rings (SSSR count). The first-order chi connectivity index (χ1) is 13.6. The molecule has 1 unspecified atom stereocenters. The van der Waals surface area contributed by atoms with Crippen LogP contribution < -0.4 is 18.9 Å². The molecule has 7 heteroatoms. The molecule has 0 spiro atoms. The number of carbonyl (C=O) groups is 1. The Bertz CT molecular complexity index is 942. The zero-order valence-electron chi connectivity index (χ0n) is 15.6. The normalized spacial score (nSPS) is 24.4. The van der Waals surface area contributed by atoms with E-state index in [9.17, 15) is 9.90 Å². The van der Waals surface area contributed by atoms with Crippen LogP contribution in [0.4, 0.5) is 0 Å². The van der Waals surface area contributed by atoms with E-state index in [2.05, 4.69) is 0 Å². The van der Waals surface area contributed by atoms with Crippen LogP contribution >= 0.6 is 0 Å². The van der Waals surface area contributed by atoms with Crippen LogP contribution in [0.3, 0.4) is 0 Å². The van der Waals surface area contributed by atoms with Crippen LogP contribution in [0.15, 0.2) is 24.3 Å². The topological polar surface area (TPSA) is 83.5 Å². The van der Waals surface area contributed by atoms with Crippen LogP contribution in [0.2, 0.25) is 0 Å². The van der Waals surface area contributed by atoms with E-state index in [4.69, 9.17) is 23.7 Å². The van der Waals surface area contributed by atoms with Gasteiger partial charge in [-0.25, -0.2) is 0 Å². The minimum atomic E-state index is -0.313. The number of methoxy groups -OCH3 is 2. The van der Waals surface area contributed by atoms with Crippen molar-refractivity contribution in [1.29, 1.82) is 0 Å². The monoisotopic (exact) mass is 384 g/mol. The van der Waals surface area contributed by atoms with Gasteiger partial charge in [0.05, 0.1) is 26.7 Å². The van der Waals surface area contributed by atoms with E-state index in [-0.39, 0.29) is 36.3 Å². The maximum Gasteiger partial charge on any atom is 0.310 e. The number of hydrogen-bond acceptors (Lipinski definition) is 7. The van der Waals surface area contributed by atoms with E-state index in [0.717, 1.165) is 28.9 Å². The predicted octanol–water partition coefficient (Wildman–Crippen LogP) is 2.62. The lowest BCUT2D eigenvalue weighted by atomic mass is 9.67. The zero-order chi connectivity index (χ0) is 19.4. The Labute approximate surface area is 161 Å². The highest BCUT2D eigenvalue weighted by Gasteiger charge is 2.48. The first-order valence-electron chi connectivity index (χ1n) is 9.14. The standard InChI is InChI=1S/C21H20O7/c1-24-16-5-11(6-17(25-2)20(16)22)18-13-7-15-14(27-9-28-15)4-10(13)3-12-8-26-21(23)19(12)18/h4-7,12,18-19,22H,3,8-9H2,1-2H3/t12-,18+,19?/m0/s1. The fourth-order valence-corrected chi connectivity index (χ4v) is 4.60. The van der Waals surface area contributed by atoms with E-state index in [1.807, 2.05) is 12.1 Å². The minimum absolute atomic E-state index is 0.0685. The number of fused-ring (bicyclic) bond motifs is 3. The van der Waals surface area contributed by atoms with Crippen molar-refractivity contribution in [1.82, 2.24) is 0 Å². The highest BCUT2D eigenvalue weighted by molar-refractivity contribution is 5.78. The second kappa shape index (κ2) is 6.22. The largest absolute Gasteiger partial charge is 0.502 e. The minimum Gasteiger partial charge on any atom is -0.502 e. The summed E-state index contributed by atoms with van der Waals surface area (Å²) in [6.45, 7) is 0.596. The third-order valence-corrected chi connectivity index (χ3v) is 5.89. The van der Waals surface area contributed by atoms with Gasteiger partial charge in [0.25, 0.3) is 0 Å². The Hall–Kier alpha value is -3.09. The van der Waals surface area contributed by atoms with E-state index in [1.165, 1.54) is 14.2 Å². The summed E-state index contributed by atoms with van der Waals surface area (Å²) < 4.78 is 27.2. The second-order valence-electron chi connectivity index (χ2n) is 7.28. The number of cyclic esters (lactones) is 1. The number of rotatable bonds is 3. The Kier molecular flexibility index (Phi) is 3.79. The maximum atomic E-state index is 12.6. The van der Waals surface area contributed by atoms with Gasteiger partial charge in [0.1, 0.15) is 0 Å². The molecule has 3 aliphatic rings. The van der Waals surface area contributed by atoms with Gasteiger partial charge in [-0.1, -0.05) is 0 Å². The molecule has 7 nitrogen and oxygen atoms in total. The molecule has 2 aromatic rings. The summed E-state index contributed by atoms with van der Waals surface area (Å²) in [4.78, 5) is 12.6. The molecule has 1 saturated heterocycles. The third-order valence-electron chi connectivity index (χ3n) is 5.89. The Morgan fingerprint density at radius 3 is 2.36 bits per heavy atom. The summed E-state index contributed by atoms with van der Waals surface area (Å²) in [5, 5.41) is 10.3. The van der Waals surface area contributed by atoms with Crippen molar-refractivity contribution in [3.05, 3.63) is 41.0 Å². The molecule has 0 saturated carbocycles. The molecule has 0 amide bonds. The summed E-state index contributed by atoms with van der Waals surface area (Å²) in [5.74, 6) is 1.22. The van der Waals surface area contributed by atoms with Gasteiger partial charge in [0.15, 0.2) is 23.0 Å². The molecule has 0 aromatic heterocycles. The first-order valence-corrected chi connectivity index (χ1v) is 9.14. The van der Waals surface area contributed by atoms with Gasteiger partial charge in [-0.2, -0.15) is 0 Å². The second-order valence-corrected chi connectivity index (χ2v) is 7.28. The molecular weight excluding hydrogens is 364 g/mol. The van der Waals surface area contributed by atoms with Crippen molar-refractivity contribution in [3.8, 4) is 28.7 Å². The summed E-state index contributed by atoms with van der Waals surface area (Å²) >= 11 is 0. The van der Waals surface area contributed by atoms with Crippen molar-refractivity contribution in [2.75, 3.05) is 27.6 Å². The number of aromatic hydroxyl groups is 1. The molecule has 0 bridgehead atoms. The molecule has 3 atom stereocenters. The van der Waals surface area contributed by atoms with Crippen LogP contribution in [0, 0.1) is 11.8 Å². The lowest BCUT2D eigenvalue weighted by molar-refractivity contribution is -0.141. The van der Waals surface area contributed by atoms with Crippen molar-refractivity contribution < 1.29 is 33.6 Å². The number of phenolic OH excluding ortho intramolecular Hbond substituents is 1. The average Bonchev–Trinajstić information content (AvgIpc) is 3.31. The average molecular weight is 384 g/mol. The van der Waals surface area contributed by atoms with Gasteiger partial charge in [0.2, 0.25) is 12.5 Å². The quantitative estimate of drug-likeness (QED) is 0.815. The van der Waals surface area contributed by atoms with Crippen molar-refractivity contribution in [3.63, 3.8) is 0 Å². The molecule has 1 fully saturated rings. The number of carbonyl (C=O) groups excluding carboxylic acids is 1. The Morgan fingerprint density at radius 2 is 1.68 bits per heavy atom. The fraction of sp³-hybridized carbons (Fsp3) is 0.381. The first kappa shape index (κ1) is 17.0. The zero-order valence-corrected chi connectivity index (χ0v) is 15.6. The van der Waals surface area contributed by atoms with Gasteiger partial charge < -0.3 is 28.8 Å². The molecule has 0 radical (unpaired) electrons. The van der Waals surface area contributed by atoms with Gasteiger partial charge in [-0.3, -0.25) is 4.79 Å². The third kappa shape index (κ3) is 2.38. The highest BCUT2D eigenvalue weighted by Crippen LogP contribution is 2.52. The van der Waals surface area contributed by atoms with Gasteiger partial charge >= 0.3 is 5.97 Å². The predicted molar refractivity (Wildman–Crippen MR) is 97.3 cm³/mol. The highest BCUT2D eigenvalue weighted by atomic mass is 16.7. The van der Waals surface area contributed by atoms with Crippen molar-refractivity contribution in [2.24, 2.45) is 11.8 Å². The van der Waals surface area contributed by atoms with E-state index in [1.54, 1.807) is 12.1 Å². The fourth-order valence-electron chi connectivity index (χ4n) is 4.60. The molecule has 1 aliphatic carbocycles. The number of ether oxygens (including phenoxy) is 5. The summed E-state index contributed by atoms with van der Waals surface area (Å²) in [7, 11) is 2.97. The van der Waals surface area contributed by atoms with Gasteiger partial charge in [-0.15, -0.1) is 0 Å². The number of phenols is 1. The van der Waals surface area contributed by atoms with Crippen LogP contribution in [-0.2, 0) is 16.0 Å². The van der Waals surface area contributed by atoms with Crippen LogP contribution in [-0.4, -0.2) is 38.7 Å². The van der Waals surface area contributed by atoms with Crippen molar-refractivity contribution in [2.45, 2.75) is 12.3 Å². The summed E-state index contributed by atoms with van der Waals surface area (Å²) in [5.41, 5.74) is 2.93. The molecule has 2 aromatic carbocycles. The Morgan fingerprint density at radius 1 is 1.00 bits per heavy atom. The lowest BCUT2D eigenvalue weighted by Gasteiger charge is -2.33. The molecule has 28 heavy (non-hydrogen) atoms. The van der Waals surface area contributed by atoms with Crippen LogP contribution in [0.25, 0.3) is 0 Å². The van der Waals surface area contributed by atoms with Crippen LogP contribution in [0.5, 0.6) is 28.7 Å². The number of hydrogen-bond donors (Lipinski definition) is 1. The molecule has 146 valence electrons. The van der Waals surface area contributed by atoms with E-state index < -0.39 is 0 Å². The van der Waals surface area contributed by atoms with Crippen LogP contribution in [0.1, 0.15) is 22.6 Å². The van der Waals surface area contributed by atoms with Gasteiger partial charge in [-0.05, 0) is 47.4 Å². The van der Waals surface area contributed by atoms with Crippen molar-refractivity contribution >= 4 is 5.97 Å². The van der Waals surface area contributed by atoms with E-state index in [0.29, 0.717) is 23.9 Å². The number of benzene rings is 2. The molecule has 2 heterocycles. The summed E-state index contributed by atoms with van der Waals surface area (Å²) in [6, 6.07) is 7.46. The molecular formula is C21H20O7. The smallest absolute Gasteiger partial charge is 0.310 e. The van der Waals surface area contributed by atoms with E-state index >= 15 is 0 Å². The lowest BCUT2D eigenvalue weighted by Crippen LogP contribution is -2.31. The Balaban J connectivity index is 1.72.